The van der Waals surface area contributed by atoms with Gasteiger partial charge in [0.1, 0.15) is 0 Å². The van der Waals surface area contributed by atoms with Gasteiger partial charge in [-0.3, -0.25) is 4.79 Å². The third kappa shape index (κ3) is 2.97. The van der Waals surface area contributed by atoms with Gasteiger partial charge in [0.2, 0.25) is 0 Å². The normalized spacial score (nSPS) is 9.56. The number of nitrogens with zero attached hydrogens (tertiary/aromatic N) is 1. The summed E-state index contributed by atoms with van der Waals surface area (Å²) in [7, 11) is 0. The highest BCUT2D eigenvalue weighted by Crippen LogP contribution is 2.21. The molecule has 0 aromatic heterocycles. The van der Waals surface area contributed by atoms with Crippen LogP contribution in [0.5, 0.6) is 0 Å². The Labute approximate surface area is 101 Å². The van der Waals surface area contributed by atoms with Gasteiger partial charge in [-0.25, -0.2) is 0 Å². The van der Waals surface area contributed by atoms with Gasteiger partial charge >= 0.3 is 0 Å². The van der Waals surface area contributed by atoms with Gasteiger partial charge in [-0.2, -0.15) is 0 Å². The molecule has 0 saturated heterocycles. The highest BCUT2D eigenvalue weighted by Gasteiger charge is 2.12. The maximum absolute atomic E-state index is 11.3. The van der Waals surface area contributed by atoms with Crippen molar-refractivity contribution in [2.24, 2.45) is 0 Å². The van der Waals surface area contributed by atoms with Crippen LogP contribution >= 0.6 is 11.6 Å². The van der Waals surface area contributed by atoms with Gasteiger partial charge in [-0.1, -0.05) is 24.3 Å². The number of carbonyl (C=O) groups excluding carboxylic acids is 1. The third-order valence-corrected chi connectivity index (χ3v) is 2.36. The molecule has 0 amide bonds. The Kier molecular flexibility index (Phi) is 4.80. The topological polar surface area (TPSA) is 20.3 Å². The van der Waals surface area contributed by atoms with Crippen molar-refractivity contribution < 1.29 is 4.79 Å². The summed E-state index contributed by atoms with van der Waals surface area (Å²) in [5, 5.41) is -0.450. The second-order valence-corrected chi connectivity index (χ2v) is 3.62. The first-order chi connectivity index (χ1) is 7.70. The summed E-state index contributed by atoms with van der Waals surface area (Å²) in [6, 6.07) is 7.24. The Morgan fingerprint density at radius 1 is 1.25 bits per heavy atom. The fourth-order valence-electron chi connectivity index (χ4n) is 1.50. The lowest BCUT2D eigenvalue weighted by Gasteiger charge is -2.23. The minimum atomic E-state index is -0.450. The van der Waals surface area contributed by atoms with Crippen LogP contribution in [0.4, 0.5) is 5.69 Å². The molecule has 2 nitrogen and oxygen atoms in total. The molecule has 0 unspecified atom stereocenters. The maximum Gasteiger partial charge on any atom is 0.254 e. The van der Waals surface area contributed by atoms with Crippen LogP contribution in [-0.2, 0) is 0 Å². The van der Waals surface area contributed by atoms with E-state index < -0.39 is 5.24 Å². The summed E-state index contributed by atoms with van der Waals surface area (Å²) in [5.74, 6) is 0. The molecule has 0 radical (unpaired) electrons. The number of rotatable bonds is 6. The van der Waals surface area contributed by atoms with Crippen molar-refractivity contribution in [3.63, 3.8) is 0 Å². The Morgan fingerprint density at radius 2 is 1.81 bits per heavy atom. The molecule has 84 valence electrons. The van der Waals surface area contributed by atoms with Gasteiger partial charge < -0.3 is 4.90 Å². The highest BCUT2D eigenvalue weighted by molar-refractivity contribution is 6.68. The molecular formula is C13H14ClNO. The van der Waals surface area contributed by atoms with Crippen LogP contribution in [0.1, 0.15) is 10.4 Å². The van der Waals surface area contributed by atoms with Crippen molar-refractivity contribution in [1.82, 2.24) is 0 Å². The number of hydrogen-bond acceptors (Lipinski definition) is 2. The first kappa shape index (κ1) is 12.5. The number of para-hydroxylation sites is 1. The summed E-state index contributed by atoms with van der Waals surface area (Å²) < 4.78 is 0. The predicted molar refractivity (Wildman–Crippen MR) is 69.2 cm³/mol. The first-order valence-electron chi connectivity index (χ1n) is 4.96. The maximum atomic E-state index is 11.3. The van der Waals surface area contributed by atoms with Crippen molar-refractivity contribution in [3.05, 3.63) is 55.1 Å². The van der Waals surface area contributed by atoms with Crippen LogP contribution in [0.25, 0.3) is 0 Å². The molecule has 1 aromatic rings. The fraction of sp³-hybridized carbons (Fsp3) is 0.154. The van der Waals surface area contributed by atoms with Crippen LogP contribution < -0.4 is 4.90 Å². The minimum Gasteiger partial charge on any atom is -0.363 e. The lowest BCUT2D eigenvalue weighted by molar-refractivity contribution is 0.108. The highest BCUT2D eigenvalue weighted by atomic mass is 35.5. The molecule has 0 aliphatic heterocycles. The van der Waals surface area contributed by atoms with E-state index in [1.165, 1.54) is 0 Å². The molecular weight excluding hydrogens is 222 g/mol. The average Bonchev–Trinajstić information content (AvgIpc) is 2.29. The number of anilines is 1. The van der Waals surface area contributed by atoms with E-state index in [0.29, 0.717) is 18.7 Å². The van der Waals surface area contributed by atoms with Gasteiger partial charge in [-0.05, 0) is 23.7 Å². The van der Waals surface area contributed by atoms with Crippen molar-refractivity contribution in [3.8, 4) is 0 Å². The molecule has 16 heavy (non-hydrogen) atoms. The van der Waals surface area contributed by atoms with Crippen molar-refractivity contribution in [2.75, 3.05) is 18.0 Å². The number of halogens is 1. The average molecular weight is 236 g/mol. The summed E-state index contributed by atoms with van der Waals surface area (Å²) in [6.07, 6.45) is 3.55. The number of benzene rings is 1. The first-order valence-corrected chi connectivity index (χ1v) is 5.34. The van der Waals surface area contributed by atoms with E-state index in [9.17, 15) is 4.79 Å². The van der Waals surface area contributed by atoms with Crippen molar-refractivity contribution in [1.29, 1.82) is 0 Å². The van der Waals surface area contributed by atoms with Gasteiger partial charge in [0.15, 0.2) is 0 Å². The second kappa shape index (κ2) is 6.13. The molecule has 0 heterocycles. The van der Waals surface area contributed by atoms with Gasteiger partial charge in [-0.15, -0.1) is 13.2 Å². The SMILES string of the molecule is C=CCN(CC=C)c1ccccc1C(=O)Cl. The molecule has 0 bridgehead atoms. The van der Waals surface area contributed by atoms with Crippen LogP contribution in [0.3, 0.4) is 0 Å². The second-order valence-electron chi connectivity index (χ2n) is 3.27. The largest absolute Gasteiger partial charge is 0.363 e. The van der Waals surface area contributed by atoms with Crippen molar-refractivity contribution in [2.45, 2.75) is 0 Å². The summed E-state index contributed by atoms with van der Waals surface area (Å²) in [4.78, 5) is 13.2. The number of carbonyl (C=O) groups is 1. The lowest BCUT2D eigenvalue weighted by atomic mass is 10.1. The van der Waals surface area contributed by atoms with Gasteiger partial charge in [0, 0.05) is 18.8 Å². The molecule has 0 saturated carbocycles. The Balaban J connectivity index is 3.11. The predicted octanol–water partition coefficient (Wildman–Crippen LogP) is 3.24. The monoisotopic (exact) mass is 235 g/mol. The van der Waals surface area contributed by atoms with Crippen LogP contribution in [0.2, 0.25) is 0 Å². The zero-order valence-electron chi connectivity index (χ0n) is 9.03. The van der Waals surface area contributed by atoms with E-state index in [2.05, 4.69) is 13.2 Å². The smallest absolute Gasteiger partial charge is 0.254 e. The van der Waals surface area contributed by atoms with Crippen molar-refractivity contribution >= 4 is 22.5 Å². The molecule has 1 aromatic carbocycles. The molecule has 3 heteroatoms. The minimum absolute atomic E-state index is 0.450. The molecule has 0 fully saturated rings. The Hall–Kier alpha value is -1.54. The Bertz CT molecular complexity index is 391. The molecule has 0 aliphatic carbocycles. The molecule has 1 rings (SSSR count). The molecule has 0 atom stereocenters. The molecule has 0 N–H and O–H groups in total. The molecule has 0 spiro atoms. The summed E-state index contributed by atoms with van der Waals surface area (Å²) in [5.41, 5.74) is 1.31. The fourth-order valence-corrected chi connectivity index (χ4v) is 1.66. The zero-order chi connectivity index (χ0) is 12.0. The van der Waals surface area contributed by atoms with Crippen LogP contribution in [0, 0.1) is 0 Å². The van der Waals surface area contributed by atoms with Gasteiger partial charge in [0.05, 0.1) is 5.56 Å². The van der Waals surface area contributed by atoms with E-state index in [4.69, 9.17) is 11.6 Å². The van der Waals surface area contributed by atoms with E-state index in [0.717, 1.165) is 5.69 Å². The lowest BCUT2D eigenvalue weighted by Crippen LogP contribution is -2.24. The van der Waals surface area contributed by atoms with Gasteiger partial charge in [0.25, 0.3) is 5.24 Å². The van der Waals surface area contributed by atoms with E-state index in [1.807, 2.05) is 17.0 Å². The third-order valence-electron chi connectivity index (χ3n) is 2.16. The van der Waals surface area contributed by atoms with E-state index >= 15 is 0 Å². The standard InChI is InChI=1S/C13H14ClNO/c1-3-9-15(10-4-2)12-8-6-5-7-11(12)13(14)16/h3-8H,1-2,9-10H2. The quantitative estimate of drug-likeness (QED) is 0.557. The summed E-state index contributed by atoms with van der Waals surface area (Å²) >= 11 is 5.54. The van der Waals surface area contributed by atoms with Crippen LogP contribution in [-0.4, -0.2) is 18.3 Å². The zero-order valence-corrected chi connectivity index (χ0v) is 9.78. The Morgan fingerprint density at radius 3 is 2.31 bits per heavy atom. The van der Waals surface area contributed by atoms with E-state index in [1.54, 1.807) is 24.3 Å². The van der Waals surface area contributed by atoms with Crippen LogP contribution in [0.15, 0.2) is 49.6 Å². The summed E-state index contributed by atoms with van der Waals surface area (Å²) in [6.45, 7) is 8.67. The number of hydrogen-bond donors (Lipinski definition) is 0. The van der Waals surface area contributed by atoms with E-state index in [-0.39, 0.29) is 0 Å². The molecule has 0 aliphatic rings.